The van der Waals surface area contributed by atoms with Crippen LogP contribution in [-0.2, 0) is 9.59 Å². The molecule has 1 aromatic carbocycles. The van der Waals surface area contributed by atoms with Crippen molar-refractivity contribution in [2.24, 2.45) is 0 Å². The number of carboxylic acids is 1. The highest BCUT2D eigenvalue weighted by Crippen LogP contribution is 1.97. The van der Waals surface area contributed by atoms with Gasteiger partial charge in [0.1, 0.15) is 0 Å². The summed E-state index contributed by atoms with van der Waals surface area (Å²) in [5.74, 6) is -1.30. The first-order valence-corrected chi connectivity index (χ1v) is 6.41. The molecule has 0 aromatic heterocycles. The molecular formula is C14H18N2O4. The van der Waals surface area contributed by atoms with Crippen molar-refractivity contribution in [3.8, 4) is 0 Å². The Bertz CT molecular complexity index is 460. The standard InChI is InChI=1S/C14H18N2O4/c17-12(15-9-4-7-13(18)19)8-10-16-14(20)11-5-2-1-3-6-11/h1-3,5-6H,4,7-10H2,(H,15,17)(H,16,20)(H,18,19). The first kappa shape index (κ1) is 15.7. The van der Waals surface area contributed by atoms with Gasteiger partial charge in [-0.15, -0.1) is 0 Å². The van der Waals surface area contributed by atoms with E-state index in [-0.39, 0.29) is 31.2 Å². The lowest BCUT2D eigenvalue weighted by atomic mass is 10.2. The molecule has 1 rings (SSSR count). The smallest absolute Gasteiger partial charge is 0.303 e. The minimum absolute atomic E-state index is 0.0328. The van der Waals surface area contributed by atoms with Gasteiger partial charge in [-0.3, -0.25) is 14.4 Å². The third-order valence-electron chi connectivity index (χ3n) is 2.56. The molecule has 3 N–H and O–H groups in total. The molecule has 0 heterocycles. The van der Waals surface area contributed by atoms with Crippen LogP contribution in [0, 0.1) is 0 Å². The highest BCUT2D eigenvalue weighted by atomic mass is 16.4. The average molecular weight is 278 g/mol. The summed E-state index contributed by atoms with van der Waals surface area (Å²) in [5.41, 5.74) is 0.550. The van der Waals surface area contributed by atoms with E-state index < -0.39 is 5.97 Å². The number of hydrogen-bond donors (Lipinski definition) is 3. The van der Waals surface area contributed by atoms with Crippen LogP contribution in [0.2, 0.25) is 0 Å². The fourth-order valence-electron chi connectivity index (χ4n) is 1.54. The van der Waals surface area contributed by atoms with Crippen LogP contribution in [-0.4, -0.2) is 36.0 Å². The first-order valence-electron chi connectivity index (χ1n) is 6.41. The Morgan fingerprint density at radius 2 is 1.65 bits per heavy atom. The lowest BCUT2D eigenvalue weighted by Gasteiger charge is -2.06. The van der Waals surface area contributed by atoms with Crippen molar-refractivity contribution >= 4 is 17.8 Å². The zero-order chi connectivity index (χ0) is 14.8. The molecule has 0 spiro atoms. The van der Waals surface area contributed by atoms with Crippen molar-refractivity contribution in [1.82, 2.24) is 10.6 Å². The van der Waals surface area contributed by atoms with Gasteiger partial charge in [0, 0.05) is 31.5 Å². The summed E-state index contributed by atoms with van der Waals surface area (Å²) < 4.78 is 0. The van der Waals surface area contributed by atoms with Crippen LogP contribution < -0.4 is 10.6 Å². The molecule has 0 aliphatic rings. The lowest BCUT2D eigenvalue weighted by molar-refractivity contribution is -0.137. The number of benzene rings is 1. The summed E-state index contributed by atoms with van der Waals surface area (Å²) in [6.07, 6.45) is 0.605. The fraction of sp³-hybridized carbons (Fsp3) is 0.357. The van der Waals surface area contributed by atoms with Crippen molar-refractivity contribution in [2.75, 3.05) is 13.1 Å². The van der Waals surface area contributed by atoms with Crippen molar-refractivity contribution in [1.29, 1.82) is 0 Å². The summed E-state index contributed by atoms with van der Waals surface area (Å²) in [7, 11) is 0. The minimum atomic E-state index is -0.880. The van der Waals surface area contributed by atoms with Crippen LogP contribution >= 0.6 is 0 Å². The van der Waals surface area contributed by atoms with E-state index in [0.717, 1.165) is 0 Å². The van der Waals surface area contributed by atoms with E-state index >= 15 is 0 Å². The second-order valence-electron chi connectivity index (χ2n) is 4.22. The molecule has 0 fully saturated rings. The Labute approximate surface area is 117 Å². The van der Waals surface area contributed by atoms with Gasteiger partial charge in [0.05, 0.1) is 0 Å². The molecule has 1 aromatic rings. The number of aliphatic carboxylic acids is 1. The van der Waals surface area contributed by atoms with Crippen LogP contribution in [0.15, 0.2) is 30.3 Å². The third-order valence-corrected chi connectivity index (χ3v) is 2.56. The van der Waals surface area contributed by atoms with Crippen LogP contribution in [0.4, 0.5) is 0 Å². The third kappa shape index (κ3) is 6.53. The zero-order valence-corrected chi connectivity index (χ0v) is 11.1. The Morgan fingerprint density at radius 3 is 2.30 bits per heavy atom. The van der Waals surface area contributed by atoms with Gasteiger partial charge < -0.3 is 15.7 Å². The topological polar surface area (TPSA) is 95.5 Å². The predicted octanol–water partition coefficient (Wildman–Crippen LogP) is 0.788. The second kappa shape index (κ2) is 8.68. The van der Waals surface area contributed by atoms with E-state index in [2.05, 4.69) is 10.6 Å². The molecule has 0 aliphatic heterocycles. The van der Waals surface area contributed by atoms with E-state index in [1.54, 1.807) is 24.3 Å². The summed E-state index contributed by atoms with van der Waals surface area (Å²) in [6, 6.07) is 8.75. The van der Waals surface area contributed by atoms with Gasteiger partial charge in [-0.25, -0.2) is 0 Å². The second-order valence-corrected chi connectivity index (χ2v) is 4.22. The lowest BCUT2D eigenvalue weighted by Crippen LogP contribution is -2.31. The van der Waals surface area contributed by atoms with Crippen LogP contribution in [0.1, 0.15) is 29.6 Å². The summed E-state index contributed by atoms with van der Waals surface area (Å²) in [4.78, 5) is 33.3. The van der Waals surface area contributed by atoms with Crippen molar-refractivity contribution in [3.05, 3.63) is 35.9 Å². The van der Waals surface area contributed by atoms with Crippen LogP contribution in [0.5, 0.6) is 0 Å². The Balaban J connectivity index is 2.13. The normalized spacial score (nSPS) is 9.80. The quantitative estimate of drug-likeness (QED) is 0.612. The van der Waals surface area contributed by atoms with Gasteiger partial charge in [-0.05, 0) is 18.6 Å². The molecule has 0 saturated heterocycles. The molecule has 0 aliphatic carbocycles. The van der Waals surface area contributed by atoms with Gasteiger partial charge in [0.2, 0.25) is 5.91 Å². The van der Waals surface area contributed by atoms with E-state index in [9.17, 15) is 14.4 Å². The molecule has 0 bridgehead atoms. The monoisotopic (exact) mass is 278 g/mol. The van der Waals surface area contributed by atoms with Crippen molar-refractivity contribution < 1.29 is 19.5 Å². The Kier molecular flexibility index (Phi) is 6.81. The summed E-state index contributed by atoms with van der Waals surface area (Å²) in [5, 5.41) is 13.7. The SMILES string of the molecule is O=C(O)CCCNC(=O)CCNC(=O)c1ccccc1. The summed E-state index contributed by atoms with van der Waals surface area (Å²) in [6.45, 7) is 0.580. The van der Waals surface area contributed by atoms with Crippen LogP contribution in [0.25, 0.3) is 0 Å². The molecule has 2 amide bonds. The number of carbonyl (C=O) groups excluding carboxylic acids is 2. The maximum Gasteiger partial charge on any atom is 0.303 e. The zero-order valence-electron chi connectivity index (χ0n) is 11.1. The molecule has 0 unspecified atom stereocenters. The van der Waals surface area contributed by atoms with Crippen LogP contribution in [0.3, 0.4) is 0 Å². The number of nitrogens with one attached hydrogen (secondary N) is 2. The van der Waals surface area contributed by atoms with E-state index in [4.69, 9.17) is 5.11 Å². The van der Waals surface area contributed by atoms with E-state index in [0.29, 0.717) is 18.5 Å². The van der Waals surface area contributed by atoms with Crippen molar-refractivity contribution in [3.63, 3.8) is 0 Å². The molecular weight excluding hydrogens is 260 g/mol. The largest absolute Gasteiger partial charge is 0.481 e. The summed E-state index contributed by atoms with van der Waals surface area (Å²) >= 11 is 0. The number of carboxylic acid groups (broad SMARTS) is 1. The fourth-order valence-corrected chi connectivity index (χ4v) is 1.54. The highest BCUT2D eigenvalue weighted by molar-refractivity contribution is 5.94. The number of rotatable bonds is 8. The maximum absolute atomic E-state index is 11.7. The predicted molar refractivity (Wildman–Crippen MR) is 73.3 cm³/mol. The van der Waals surface area contributed by atoms with Crippen molar-refractivity contribution in [2.45, 2.75) is 19.3 Å². The minimum Gasteiger partial charge on any atom is -0.481 e. The number of hydrogen-bond acceptors (Lipinski definition) is 3. The molecule has 0 atom stereocenters. The van der Waals surface area contributed by atoms with Gasteiger partial charge in [-0.2, -0.15) is 0 Å². The van der Waals surface area contributed by atoms with Gasteiger partial charge in [0.25, 0.3) is 5.91 Å². The first-order chi connectivity index (χ1) is 9.59. The molecule has 0 radical (unpaired) electrons. The Hall–Kier alpha value is -2.37. The molecule has 108 valence electrons. The molecule has 0 saturated carbocycles. The number of amides is 2. The number of carbonyl (C=O) groups is 3. The molecule has 6 nitrogen and oxygen atoms in total. The Morgan fingerprint density at radius 1 is 0.950 bits per heavy atom. The highest BCUT2D eigenvalue weighted by Gasteiger charge is 2.05. The van der Waals surface area contributed by atoms with Gasteiger partial charge >= 0.3 is 5.97 Å². The molecule has 20 heavy (non-hydrogen) atoms. The maximum atomic E-state index is 11.7. The van der Waals surface area contributed by atoms with Gasteiger partial charge in [0.15, 0.2) is 0 Å². The van der Waals surface area contributed by atoms with Gasteiger partial charge in [-0.1, -0.05) is 18.2 Å². The van der Waals surface area contributed by atoms with E-state index in [1.165, 1.54) is 0 Å². The van der Waals surface area contributed by atoms with E-state index in [1.807, 2.05) is 6.07 Å². The molecule has 6 heteroatoms. The average Bonchev–Trinajstić information content (AvgIpc) is 2.44.